The molecule has 0 radical (unpaired) electrons. The quantitative estimate of drug-likeness (QED) is 0.573. The van der Waals surface area contributed by atoms with Crippen molar-refractivity contribution >= 4 is 19.7 Å². The molecule has 27 heavy (non-hydrogen) atoms. The van der Waals surface area contributed by atoms with E-state index < -0.39 is 31.2 Å². The first-order valence-corrected chi connectivity index (χ1v) is 9.62. The molecule has 1 saturated heterocycles. The summed E-state index contributed by atoms with van der Waals surface area (Å²) in [5.41, 5.74) is -0.354. The molecule has 0 aliphatic carbocycles. The monoisotopic (exact) mass is 396 g/mol. The average molecular weight is 396 g/mol. The second kappa shape index (κ2) is 8.53. The van der Waals surface area contributed by atoms with E-state index in [0.29, 0.717) is 5.56 Å². The van der Waals surface area contributed by atoms with Crippen LogP contribution in [0.4, 0.5) is 0 Å². The summed E-state index contributed by atoms with van der Waals surface area (Å²) >= 11 is 0. The van der Waals surface area contributed by atoms with E-state index >= 15 is 0 Å². The van der Waals surface area contributed by atoms with Crippen LogP contribution < -0.4 is 9.84 Å². The second-order valence-electron chi connectivity index (χ2n) is 6.54. The number of phosphoric acid groups is 1. The summed E-state index contributed by atoms with van der Waals surface area (Å²) in [6.45, 7) is 3.48. The molecule has 1 amide bonds. The Balaban J connectivity index is 2.05. The van der Waals surface area contributed by atoms with E-state index in [4.69, 9.17) is 18.8 Å². The summed E-state index contributed by atoms with van der Waals surface area (Å²) < 4.78 is 33.3. The summed E-state index contributed by atoms with van der Waals surface area (Å²) in [5.74, 6) is -0.810. The van der Waals surface area contributed by atoms with Crippen molar-refractivity contribution in [3.8, 4) is 11.8 Å². The summed E-state index contributed by atoms with van der Waals surface area (Å²) in [7, 11) is -2.79. The lowest BCUT2D eigenvalue weighted by atomic mass is 9.87. The summed E-state index contributed by atoms with van der Waals surface area (Å²) in [6, 6.07) is 7.85. The molecule has 1 aromatic carbocycles. The Kier molecular flexibility index (Phi) is 6.60. The first-order valence-electron chi connectivity index (χ1n) is 8.16. The molecule has 1 fully saturated rings. The summed E-state index contributed by atoms with van der Waals surface area (Å²) in [6.07, 6.45) is -1.10. The van der Waals surface area contributed by atoms with Crippen molar-refractivity contribution in [1.82, 2.24) is 5.32 Å². The summed E-state index contributed by atoms with van der Waals surface area (Å²) in [4.78, 5) is 23.6. The van der Waals surface area contributed by atoms with Crippen LogP contribution in [0.25, 0.3) is 0 Å². The predicted molar refractivity (Wildman–Crippen MR) is 93.6 cm³/mol. The average Bonchev–Trinajstić information content (AvgIpc) is 2.64. The van der Waals surface area contributed by atoms with Gasteiger partial charge < -0.3 is 14.6 Å². The smallest absolute Gasteiger partial charge is 0.469 e. The Morgan fingerprint density at radius 3 is 2.63 bits per heavy atom. The molecule has 1 aliphatic heterocycles. The molecule has 0 saturated carbocycles. The van der Waals surface area contributed by atoms with Gasteiger partial charge in [-0.3, -0.25) is 18.6 Å². The highest BCUT2D eigenvalue weighted by atomic mass is 31.2. The van der Waals surface area contributed by atoms with Gasteiger partial charge in [0.2, 0.25) is 0 Å². The number of nitrogens with zero attached hydrogens (tertiary/aromatic N) is 1. The molecule has 2 atom stereocenters. The normalized spacial score (nSPS) is 23.7. The van der Waals surface area contributed by atoms with Crippen LogP contribution in [0.2, 0.25) is 0 Å². The Hall–Kier alpha value is -2.40. The zero-order valence-electron chi connectivity index (χ0n) is 15.3. The standard InChI is InChI=1S/C17H21N2O7P/c1-17(2)11-24-27(22,25-13-6-4-12(10-18)5-7-13)26-15(17)16(21)19-9-8-14(20)23-3/h4-7,15H,8-9,11H2,1-3H3,(H,19,21)/t15?,27-/m0/s1. The number of carbonyl (C=O) groups excluding carboxylic acids is 2. The Labute approximate surface area is 157 Å². The van der Waals surface area contributed by atoms with Gasteiger partial charge in [-0.1, -0.05) is 13.8 Å². The minimum atomic E-state index is -4.04. The van der Waals surface area contributed by atoms with Gasteiger partial charge in [0.15, 0.2) is 6.10 Å². The van der Waals surface area contributed by atoms with Crippen molar-refractivity contribution in [3.63, 3.8) is 0 Å². The molecular weight excluding hydrogens is 375 g/mol. The van der Waals surface area contributed by atoms with Crippen LogP contribution in [-0.2, 0) is 27.9 Å². The number of nitrogens with one attached hydrogen (secondary N) is 1. The van der Waals surface area contributed by atoms with Crippen LogP contribution in [0.15, 0.2) is 24.3 Å². The fourth-order valence-corrected chi connectivity index (χ4v) is 3.94. The predicted octanol–water partition coefficient (Wildman–Crippen LogP) is 2.17. The van der Waals surface area contributed by atoms with Crippen LogP contribution in [0.3, 0.4) is 0 Å². The van der Waals surface area contributed by atoms with E-state index in [1.165, 1.54) is 31.4 Å². The lowest BCUT2D eigenvalue weighted by Gasteiger charge is -2.39. The van der Waals surface area contributed by atoms with E-state index in [2.05, 4.69) is 10.1 Å². The lowest BCUT2D eigenvalue weighted by molar-refractivity contribution is -0.142. The van der Waals surface area contributed by atoms with Gasteiger partial charge in [0.1, 0.15) is 5.75 Å². The third kappa shape index (κ3) is 5.54. The number of esters is 1. The first-order chi connectivity index (χ1) is 12.7. The van der Waals surface area contributed by atoms with Gasteiger partial charge in [0.05, 0.1) is 31.8 Å². The number of phosphoric ester groups is 1. The largest absolute Gasteiger partial charge is 0.530 e. The molecular formula is C17H21N2O7P. The van der Waals surface area contributed by atoms with Crippen molar-refractivity contribution in [3.05, 3.63) is 29.8 Å². The van der Waals surface area contributed by atoms with Gasteiger partial charge in [-0.25, -0.2) is 4.57 Å². The maximum Gasteiger partial charge on any atom is 0.530 e. The number of nitriles is 1. The van der Waals surface area contributed by atoms with E-state index in [1.54, 1.807) is 13.8 Å². The molecule has 1 aromatic rings. The fraction of sp³-hybridized carbons (Fsp3) is 0.471. The van der Waals surface area contributed by atoms with Crippen LogP contribution in [-0.4, -0.2) is 38.2 Å². The van der Waals surface area contributed by atoms with Crippen molar-refractivity contribution in [2.75, 3.05) is 20.3 Å². The van der Waals surface area contributed by atoms with E-state index in [9.17, 15) is 14.2 Å². The number of amides is 1. The van der Waals surface area contributed by atoms with Gasteiger partial charge in [-0.2, -0.15) is 5.26 Å². The Bertz CT molecular complexity index is 785. The zero-order chi connectivity index (χ0) is 20.1. The second-order valence-corrected chi connectivity index (χ2v) is 8.09. The number of methoxy groups -OCH3 is 1. The minimum absolute atomic E-state index is 0.00525. The third-order valence-electron chi connectivity index (χ3n) is 3.83. The molecule has 1 aliphatic rings. The van der Waals surface area contributed by atoms with Gasteiger partial charge in [0.25, 0.3) is 5.91 Å². The number of carbonyl (C=O) groups is 2. The number of rotatable bonds is 6. The SMILES string of the molecule is COC(=O)CCNC(=O)C1O[P@](=O)(Oc2ccc(C#N)cc2)OCC1(C)C. The molecule has 146 valence electrons. The van der Waals surface area contributed by atoms with Crippen LogP contribution in [0, 0.1) is 16.7 Å². The Morgan fingerprint density at radius 2 is 2.04 bits per heavy atom. The van der Waals surface area contributed by atoms with Crippen molar-refractivity contribution < 1.29 is 32.5 Å². The molecule has 0 bridgehead atoms. The van der Waals surface area contributed by atoms with Gasteiger partial charge in [0, 0.05) is 12.0 Å². The number of hydrogen-bond donors (Lipinski definition) is 1. The van der Waals surface area contributed by atoms with Gasteiger partial charge in [-0.05, 0) is 24.3 Å². The van der Waals surface area contributed by atoms with E-state index in [-0.39, 0.29) is 25.3 Å². The summed E-state index contributed by atoms with van der Waals surface area (Å²) in [5, 5.41) is 11.4. The number of benzene rings is 1. The molecule has 1 heterocycles. The highest BCUT2D eigenvalue weighted by Crippen LogP contribution is 2.56. The van der Waals surface area contributed by atoms with Crippen molar-refractivity contribution in [1.29, 1.82) is 5.26 Å². The molecule has 10 heteroatoms. The zero-order valence-corrected chi connectivity index (χ0v) is 16.2. The molecule has 2 rings (SSSR count). The van der Waals surface area contributed by atoms with Crippen molar-refractivity contribution in [2.24, 2.45) is 5.41 Å². The van der Waals surface area contributed by atoms with E-state index in [1.807, 2.05) is 6.07 Å². The molecule has 0 spiro atoms. The topological polar surface area (TPSA) is 124 Å². The maximum atomic E-state index is 12.8. The molecule has 1 N–H and O–H groups in total. The lowest BCUT2D eigenvalue weighted by Crippen LogP contribution is -2.50. The Morgan fingerprint density at radius 1 is 1.37 bits per heavy atom. The molecule has 9 nitrogen and oxygen atoms in total. The molecule has 0 aromatic heterocycles. The van der Waals surface area contributed by atoms with Crippen molar-refractivity contribution in [2.45, 2.75) is 26.4 Å². The first kappa shape index (κ1) is 20.9. The fourth-order valence-electron chi connectivity index (χ4n) is 2.28. The van der Waals surface area contributed by atoms with Crippen LogP contribution in [0.5, 0.6) is 5.75 Å². The van der Waals surface area contributed by atoms with Crippen LogP contribution in [0.1, 0.15) is 25.8 Å². The maximum absolute atomic E-state index is 12.8. The van der Waals surface area contributed by atoms with Crippen LogP contribution >= 0.6 is 7.82 Å². The number of ether oxygens (including phenoxy) is 1. The van der Waals surface area contributed by atoms with Gasteiger partial charge in [-0.15, -0.1) is 0 Å². The third-order valence-corrected chi connectivity index (χ3v) is 5.18. The number of hydrogen-bond acceptors (Lipinski definition) is 8. The molecule has 1 unspecified atom stereocenters. The van der Waals surface area contributed by atoms with Gasteiger partial charge >= 0.3 is 13.8 Å². The highest BCUT2D eigenvalue weighted by molar-refractivity contribution is 7.49. The minimum Gasteiger partial charge on any atom is -0.469 e. The highest BCUT2D eigenvalue weighted by Gasteiger charge is 2.49. The van der Waals surface area contributed by atoms with E-state index in [0.717, 1.165) is 0 Å².